The summed E-state index contributed by atoms with van der Waals surface area (Å²) in [6.07, 6.45) is 1.24. The van der Waals surface area contributed by atoms with E-state index in [0.29, 0.717) is 34.8 Å². The second-order valence-electron chi connectivity index (χ2n) is 9.44. The summed E-state index contributed by atoms with van der Waals surface area (Å²) in [6.45, 7) is 4.00. The van der Waals surface area contributed by atoms with Gasteiger partial charge < -0.3 is 25.2 Å². The van der Waals surface area contributed by atoms with Crippen LogP contribution in [0.1, 0.15) is 12.8 Å². The van der Waals surface area contributed by atoms with Crippen molar-refractivity contribution in [3.8, 4) is 11.3 Å². The van der Waals surface area contributed by atoms with Gasteiger partial charge in [0.15, 0.2) is 10.8 Å². The standard InChI is InChI=1S/C27H31ClN8O2/c1-35(2)11-5-10-22(37)29-19-7-3-6-18(16-19)24-23-25(28)33-34-26(23)32-27(31-24)30-20-8-4-9-21(17-20)36-12-14-38-15-13-36/h3-4,6-9,16-17H,5,10-15H2,1-2H3,(H,29,37)(H2,30,31,32,33,34). The monoisotopic (exact) mass is 534 g/mol. The molecule has 2 aromatic heterocycles. The highest BCUT2D eigenvalue weighted by Gasteiger charge is 2.17. The van der Waals surface area contributed by atoms with Crippen LogP contribution in [0.5, 0.6) is 0 Å². The number of anilines is 4. The molecule has 11 heteroatoms. The van der Waals surface area contributed by atoms with Crippen molar-refractivity contribution in [2.24, 2.45) is 0 Å². The molecule has 1 saturated heterocycles. The molecule has 0 bridgehead atoms. The van der Waals surface area contributed by atoms with Gasteiger partial charge in [0.25, 0.3) is 0 Å². The molecule has 0 atom stereocenters. The average molecular weight is 535 g/mol. The van der Waals surface area contributed by atoms with Crippen LogP contribution < -0.4 is 15.5 Å². The molecule has 1 amide bonds. The first-order valence-electron chi connectivity index (χ1n) is 12.6. The van der Waals surface area contributed by atoms with Gasteiger partial charge in [0.2, 0.25) is 11.9 Å². The molecular weight excluding hydrogens is 504 g/mol. The van der Waals surface area contributed by atoms with Crippen LogP contribution in [0.2, 0.25) is 5.15 Å². The molecule has 0 unspecified atom stereocenters. The molecule has 10 nitrogen and oxygen atoms in total. The SMILES string of the molecule is CN(C)CCCC(=O)Nc1cccc(-c2nc(Nc3cccc(N4CCOCC4)c3)nc3[nH]nc(Cl)c23)c1. The molecule has 3 heterocycles. The minimum atomic E-state index is -0.0271. The molecule has 0 spiro atoms. The Labute approximate surface area is 226 Å². The van der Waals surface area contributed by atoms with Crippen LogP contribution in [-0.2, 0) is 9.53 Å². The molecule has 0 aliphatic carbocycles. The molecule has 5 rings (SSSR count). The zero-order valence-electron chi connectivity index (χ0n) is 21.5. The van der Waals surface area contributed by atoms with Gasteiger partial charge in [-0.05, 0) is 57.4 Å². The van der Waals surface area contributed by atoms with Gasteiger partial charge in [0.1, 0.15) is 0 Å². The number of benzene rings is 2. The summed E-state index contributed by atoms with van der Waals surface area (Å²) in [5, 5.41) is 14.3. The van der Waals surface area contributed by atoms with Crippen molar-refractivity contribution in [3.63, 3.8) is 0 Å². The van der Waals surface area contributed by atoms with E-state index < -0.39 is 0 Å². The van der Waals surface area contributed by atoms with Gasteiger partial charge in [0.05, 0.1) is 24.3 Å². The second-order valence-corrected chi connectivity index (χ2v) is 9.80. The average Bonchev–Trinajstić information content (AvgIpc) is 3.29. The first-order chi connectivity index (χ1) is 18.5. The highest BCUT2D eigenvalue weighted by atomic mass is 35.5. The number of halogens is 1. The molecule has 4 aromatic rings. The quantitative estimate of drug-likeness (QED) is 0.287. The fourth-order valence-corrected chi connectivity index (χ4v) is 4.64. The van der Waals surface area contributed by atoms with Crippen molar-refractivity contribution >= 4 is 51.6 Å². The largest absolute Gasteiger partial charge is 0.378 e. The lowest BCUT2D eigenvalue weighted by Crippen LogP contribution is -2.36. The van der Waals surface area contributed by atoms with Crippen LogP contribution in [-0.4, -0.2) is 77.9 Å². The number of H-pyrrole nitrogens is 1. The maximum absolute atomic E-state index is 12.5. The van der Waals surface area contributed by atoms with Crippen LogP contribution in [0, 0.1) is 0 Å². The van der Waals surface area contributed by atoms with Gasteiger partial charge in [-0.15, -0.1) is 0 Å². The molecule has 198 valence electrons. The summed E-state index contributed by atoms with van der Waals surface area (Å²) in [7, 11) is 3.99. The van der Waals surface area contributed by atoms with Crippen molar-refractivity contribution in [3.05, 3.63) is 53.7 Å². The number of carbonyl (C=O) groups is 1. The molecule has 1 aliphatic heterocycles. The number of aromatic amines is 1. The molecule has 2 aromatic carbocycles. The molecule has 3 N–H and O–H groups in total. The smallest absolute Gasteiger partial charge is 0.229 e. The Kier molecular flexibility index (Phi) is 8.02. The van der Waals surface area contributed by atoms with E-state index in [9.17, 15) is 4.79 Å². The van der Waals surface area contributed by atoms with Crippen molar-refractivity contribution < 1.29 is 9.53 Å². The number of nitrogens with zero attached hydrogens (tertiary/aromatic N) is 5. The molecule has 1 aliphatic rings. The van der Waals surface area contributed by atoms with E-state index in [1.807, 2.05) is 50.5 Å². The Morgan fingerprint density at radius 2 is 1.89 bits per heavy atom. The minimum Gasteiger partial charge on any atom is -0.378 e. The molecule has 0 saturated carbocycles. The summed E-state index contributed by atoms with van der Waals surface area (Å²) in [5.41, 5.74) is 4.59. The summed E-state index contributed by atoms with van der Waals surface area (Å²) in [4.78, 5) is 26.2. The van der Waals surface area contributed by atoms with Gasteiger partial charge in [-0.25, -0.2) is 4.98 Å². The number of fused-ring (bicyclic) bond motifs is 1. The Balaban J connectivity index is 1.41. The predicted octanol–water partition coefficient (Wildman–Crippen LogP) is 4.53. The number of amides is 1. The van der Waals surface area contributed by atoms with Gasteiger partial charge >= 0.3 is 0 Å². The van der Waals surface area contributed by atoms with E-state index in [1.54, 1.807) is 0 Å². The molecular formula is C27H31ClN8O2. The predicted molar refractivity (Wildman–Crippen MR) is 151 cm³/mol. The van der Waals surface area contributed by atoms with Crippen LogP contribution in [0.3, 0.4) is 0 Å². The third-order valence-electron chi connectivity index (χ3n) is 6.28. The van der Waals surface area contributed by atoms with Crippen LogP contribution >= 0.6 is 11.6 Å². The Morgan fingerprint density at radius 1 is 1.11 bits per heavy atom. The number of morpholine rings is 1. The van der Waals surface area contributed by atoms with Crippen LogP contribution in [0.25, 0.3) is 22.3 Å². The fourth-order valence-electron chi connectivity index (χ4n) is 4.41. The Hall–Kier alpha value is -3.73. The van der Waals surface area contributed by atoms with Crippen molar-refractivity contribution in [2.75, 3.05) is 62.5 Å². The lowest BCUT2D eigenvalue weighted by molar-refractivity contribution is -0.116. The van der Waals surface area contributed by atoms with Gasteiger partial charge in [-0.1, -0.05) is 29.8 Å². The van der Waals surface area contributed by atoms with Crippen molar-refractivity contribution in [2.45, 2.75) is 12.8 Å². The molecule has 0 radical (unpaired) electrons. The van der Waals surface area contributed by atoms with Crippen LogP contribution in [0.4, 0.5) is 23.0 Å². The minimum absolute atomic E-state index is 0.0271. The summed E-state index contributed by atoms with van der Waals surface area (Å²) in [6, 6.07) is 15.7. The number of hydrogen-bond donors (Lipinski definition) is 3. The van der Waals surface area contributed by atoms with Crippen molar-refractivity contribution in [1.29, 1.82) is 0 Å². The van der Waals surface area contributed by atoms with Gasteiger partial charge in [-0.3, -0.25) is 9.89 Å². The van der Waals surface area contributed by atoms with E-state index >= 15 is 0 Å². The van der Waals surface area contributed by atoms with Gasteiger partial charge in [-0.2, -0.15) is 10.1 Å². The number of aromatic nitrogens is 4. The normalized spacial score (nSPS) is 13.7. The lowest BCUT2D eigenvalue weighted by atomic mass is 10.1. The first kappa shape index (κ1) is 25.9. The zero-order valence-corrected chi connectivity index (χ0v) is 22.3. The van der Waals surface area contributed by atoms with E-state index in [-0.39, 0.29) is 11.1 Å². The van der Waals surface area contributed by atoms with Crippen LogP contribution in [0.15, 0.2) is 48.5 Å². The summed E-state index contributed by atoms with van der Waals surface area (Å²) < 4.78 is 5.48. The highest BCUT2D eigenvalue weighted by Crippen LogP contribution is 2.33. The highest BCUT2D eigenvalue weighted by molar-refractivity contribution is 6.35. The fraction of sp³-hybridized carbons (Fsp3) is 0.333. The van der Waals surface area contributed by atoms with E-state index in [4.69, 9.17) is 21.3 Å². The third kappa shape index (κ3) is 6.21. The van der Waals surface area contributed by atoms with Gasteiger partial charge in [0, 0.05) is 42.1 Å². The number of ether oxygens (including phenoxy) is 1. The van der Waals surface area contributed by atoms with E-state index in [2.05, 4.69) is 47.7 Å². The van der Waals surface area contributed by atoms with E-state index in [1.165, 1.54) is 0 Å². The van der Waals surface area contributed by atoms with Crippen molar-refractivity contribution in [1.82, 2.24) is 25.1 Å². The maximum Gasteiger partial charge on any atom is 0.229 e. The number of carbonyl (C=O) groups excluding carboxylic acids is 1. The Bertz CT molecular complexity index is 1420. The number of nitrogens with one attached hydrogen (secondary N) is 3. The molecule has 1 fully saturated rings. The number of rotatable bonds is 9. The summed E-state index contributed by atoms with van der Waals surface area (Å²) in [5.74, 6) is 0.380. The Morgan fingerprint density at radius 3 is 2.71 bits per heavy atom. The topological polar surface area (TPSA) is 111 Å². The molecule has 38 heavy (non-hydrogen) atoms. The maximum atomic E-state index is 12.5. The number of hydrogen-bond acceptors (Lipinski definition) is 8. The second kappa shape index (κ2) is 11.8. The first-order valence-corrected chi connectivity index (χ1v) is 13.0. The lowest BCUT2D eigenvalue weighted by Gasteiger charge is -2.29. The summed E-state index contributed by atoms with van der Waals surface area (Å²) >= 11 is 6.42. The van der Waals surface area contributed by atoms with E-state index in [0.717, 1.165) is 56.2 Å². The third-order valence-corrected chi connectivity index (χ3v) is 6.56. The zero-order chi connectivity index (χ0) is 26.5.